The smallest absolute Gasteiger partial charge is 0.148 e. The van der Waals surface area contributed by atoms with Gasteiger partial charge in [0, 0.05) is 16.7 Å². The second-order valence-electron chi connectivity index (χ2n) is 3.41. The van der Waals surface area contributed by atoms with Gasteiger partial charge in [-0.2, -0.15) is 5.26 Å². The molecule has 18 heavy (non-hydrogen) atoms. The Kier molecular flexibility index (Phi) is 3.80. The highest BCUT2D eigenvalue weighted by Gasteiger charge is 2.07. The van der Waals surface area contributed by atoms with Crippen LogP contribution in [0.15, 0.2) is 41.1 Å². The number of benzene rings is 1. The minimum atomic E-state index is 0.441. The first-order chi connectivity index (χ1) is 8.72. The van der Waals surface area contributed by atoms with E-state index in [0.29, 0.717) is 22.8 Å². The van der Waals surface area contributed by atoms with Crippen molar-refractivity contribution in [3.8, 4) is 23.3 Å². The van der Waals surface area contributed by atoms with Crippen LogP contribution in [0.2, 0.25) is 0 Å². The van der Waals surface area contributed by atoms with Crippen molar-refractivity contribution >= 4 is 15.9 Å². The lowest BCUT2D eigenvalue weighted by Crippen LogP contribution is -1.91. The fourth-order valence-corrected chi connectivity index (χ4v) is 1.73. The van der Waals surface area contributed by atoms with Crippen LogP contribution in [0.4, 0.5) is 0 Å². The van der Waals surface area contributed by atoms with Gasteiger partial charge in [-0.25, -0.2) is 0 Å². The van der Waals surface area contributed by atoms with Crippen LogP contribution in [0.3, 0.4) is 0 Å². The number of nitriles is 1. The minimum Gasteiger partial charge on any atom is -0.497 e. The summed E-state index contributed by atoms with van der Waals surface area (Å²) in [5.74, 6) is 1.62. The maximum absolute atomic E-state index is 9.02. The molecule has 0 atom stereocenters. The third-order valence-electron chi connectivity index (χ3n) is 2.22. The molecule has 1 aromatic heterocycles. The molecular formula is C13H9BrN2O2. The molecule has 0 aliphatic heterocycles. The van der Waals surface area contributed by atoms with E-state index in [1.165, 1.54) is 0 Å². The van der Waals surface area contributed by atoms with Crippen LogP contribution < -0.4 is 9.47 Å². The summed E-state index contributed by atoms with van der Waals surface area (Å²) in [6.45, 7) is 0. The summed E-state index contributed by atoms with van der Waals surface area (Å²) in [5, 5.41) is 9.02. The van der Waals surface area contributed by atoms with E-state index < -0.39 is 0 Å². The van der Waals surface area contributed by atoms with E-state index in [1.54, 1.807) is 43.8 Å². The largest absolute Gasteiger partial charge is 0.497 e. The van der Waals surface area contributed by atoms with Gasteiger partial charge in [-0.3, -0.25) is 4.98 Å². The van der Waals surface area contributed by atoms with Crippen LogP contribution in [0, 0.1) is 11.3 Å². The van der Waals surface area contributed by atoms with E-state index >= 15 is 0 Å². The van der Waals surface area contributed by atoms with Crippen LogP contribution in [-0.2, 0) is 0 Å². The highest BCUT2D eigenvalue weighted by atomic mass is 79.9. The number of hydrogen-bond acceptors (Lipinski definition) is 4. The number of rotatable bonds is 3. The molecule has 0 fully saturated rings. The maximum atomic E-state index is 9.02. The summed E-state index contributed by atoms with van der Waals surface area (Å²) in [7, 11) is 1.56. The van der Waals surface area contributed by atoms with Crippen molar-refractivity contribution in [1.29, 1.82) is 5.26 Å². The molecule has 0 saturated carbocycles. The number of aromatic nitrogens is 1. The molecule has 2 rings (SSSR count). The molecule has 0 aliphatic carbocycles. The number of hydrogen-bond donors (Lipinski definition) is 0. The highest BCUT2D eigenvalue weighted by molar-refractivity contribution is 9.10. The molecule has 1 aromatic carbocycles. The second kappa shape index (κ2) is 5.52. The van der Waals surface area contributed by atoms with E-state index in [2.05, 4.69) is 27.0 Å². The highest BCUT2D eigenvalue weighted by Crippen LogP contribution is 2.29. The Morgan fingerprint density at radius 1 is 1.22 bits per heavy atom. The molecule has 0 aliphatic rings. The lowest BCUT2D eigenvalue weighted by Gasteiger charge is -2.08. The number of halogens is 1. The lowest BCUT2D eigenvalue weighted by molar-refractivity contribution is 0.408. The molecule has 90 valence electrons. The minimum absolute atomic E-state index is 0.441. The normalized spacial score (nSPS) is 9.61. The first-order valence-corrected chi connectivity index (χ1v) is 5.89. The van der Waals surface area contributed by atoms with Crippen LogP contribution >= 0.6 is 15.9 Å². The molecular weight excluding hydrogens is 296 g/mol. The SMILES string of the molecule is COc1ccc(C#N)c(Oc2cncc(Br)c2)c1. The van der Waals surface area contributed by atoms with Gasteiger partial charge < -0.3 is 9.47 Å². The topological polar surface area (TPSA) is 55.1 Å². The van der Waals surface area contributed by atoms with Crippen molar-refractivity contribution in [1.82, 2.24) is 4.98 Å². The van der Waals surface area contributed by atoms with Gasteiger partial charge in [-0.05, 0) is 34.1 Å². The Morgan fingerprint density at radius 3 is 2.72 bits per heavy atom. The van der Waals surface area contributed by atoms with E-state index in [-0.39, 0.29) is 0 Å². The molecule has 0 unspecified atom stereocenters. The lowest BCUT2D eigenvalue weighted by atomic mass is 10.2. The molecule has 0 radical (unpaired) electrons. The third kappa shape index (κ3) is 2.79. The molecule has 0 spiro atoms. The third-order valence-corrected chi connectivity index (χ3v) is 2.65. The molecule has 5 heteroatoms. The number of ether oxygens (including phenoxy) is 2. The average Bonchev–Trinajstić information content (AvgIpc) is 2.38. The zero-order valence-electron chi connectivity index (χ0n) is 9.55. The Labute approximate surface area is 113 Å². The van der Waals surface area contributed by atoms with Gasteiger partial charge in [0.15, 0.2) is 0 Å². The molecule has 0 bridgehead atoms. The van der Waals surface area contributed by atoms with E-state index in [1.807, 2.05) is 0 Å². The molecule has 1 heterocycles. The van der Waals surface area contributed by atoms with Crippen molar-refractivity contribution in [3.63, 3.8) is 0 Å². The molecule has 0 amide bonds. The zero-order valence-corrected chi connectivity index (χ0v) is 11.1. The zero-order chi connectivity index (χ0) is 13.0. The van der Waals surface area contributed by atoms with Crippen molar-refractivity contribution < 1.29 is 9.47 Å². The monoisotopic (exact) mass is 304 g/mol. The Hall–Kier alpha value is -2.06. The maximum Gasteiger partial charge on any atom is 0.148 e. The standard InChI is InChI=1S/C13H9BrN2O2/c1-17-11-3-2-9(6-15)13(5-11)18-12-4-10(14)7-16-8-12/h2-5,7-8H,1H3. The molecule has 4 nitrogen and oxygen atoms in total. The van der Waals surface area contributed by atoms with Crippen molar-refractivity contribution in [2.24, 2.45) is 0 Å². The summed E-state index contributed by atoms with van der Waals surface area (Å²) in [6.07, 6.45) is 3.23. The quantitative estimate of drug-likeness (QED) is 0.870. The summed E-state index contributed by atoms with van der Waals surface area (Å²) in [4.78, 5) is 3.99. The van der Waals surface area contributed by atoms with Gasteiger partial charge in [0.05, 0.1) is 18.9 Å². The first kappa shape index (κ1) is 12.4. The predicted octanol–water partition coefficient (Wildman–Crippen LogP) is 3.52. The van der Waals surface area contributed by atoms with Gasteiger partial charge in [-0.15, -0.1) is 0 Å². The van der Waals surface area contributed by atoms with E-state index in [0.717, 1.165) is 4.47 Å². The van der Waals surface area contributed by atoms with Gasteiger partial charge in [0.1, 0.15) is 23.3 Å². The Balaban J connectivity index is 2.36. The van der Waals surface area contributed by atoms with E-state index in [4.69, 9.17) is 14.7 Å². The van der Waals surface area contributed by atoms with Gasteiger partial charge in [0.25, 0.3) is 0 Å². The van der Waals surface area contributed by atoms with E-state index in [9.17, 15) is 0 Å². The van der Waals surface area contributed by atoms with Gasteiger partial charge in [0.2, 0.25) is 0 Å². The van der Waals surface area contributed by atoms with Crippen LogP contribution in [-0.4, -0.2) is 12.1 Å². The van der Waals surface area contributed by atoms with Crippen LogP contribution in [0.25, 0.3) is 0 Å². The average molecular weight is 305 g/mol. The fourth-order valence-electron chi connectivity index (χ4n) is 1.38. The van der Waals surface area contributed by atoms with Crippen molar-refractivity contribution in [3.05, 3.63) is 46.7 Å². The molecule has 0 N–H and O–H groups in total. The Bertz CT molecular complexity index is 608. The second-order valence-corrected chi connectivity index (χ2v) is 4.33. The fraction of sp³-hybridized carbons (Fsp3) is 0.0769. The van der Waals surface area contributed by atoms with Gasteiger partial charge in [-0.1, -0.05) is 0 Å². The first-order valence-electron chi connectivity index (χ1n) is 5.09. The summed E-state index contributed by atoms with van der Waals surface area (Å²) in [5.41, 5.74) is 0.441. The number of nitrogens with zero attached hydrogens (tertiary/aromatic N) is 2. The molecule has 0 saturated heterocycles. The Morgan fingerprint density at radius 2 is 2.06 bits per heavy atom. The summed E-state index contributed by atoms with van der Waals surface area (Å²) >= 11 is 3.31. The summed E-state index contributed by atoms with van der Waals surface area (Å²) in [6, 6.07) is 8.87. The number of methoxy groups -OCH3 is 1. The van der Waals surface area contributed by atoms with Crippen molar-refractivity contribution in [2.75, 3.05) is 7.11 Å². The van der Waals surface area contributed by atoms with Crippen molar-refractivity contribution in [2.45, 2.75) is 0 Å². The van der Waals surface area contributed by atoms with Crippen LogP contribution in [0.5, 0.6) is 17.2 Å². The van der Waals surface area contributed by atoms with Gasteiger partial charge >= 0.3 is 0 Å². The van der Waals surface area contributed by atoms with Crippen LogP contribution in [0.1, 0.15) is 5.56 Å². The number of pyridine rings is 1. The molecule has 2 aromatic rings. The summed E-state index contributed by atoms with van der Waals surface area (Å²) < 4.78 is 11.5. The predicted molar refractivity (Wildman–Crippen MR) is 69.7 cm³/mol.